The van der Waals surface area contributed by atoms with Gasteiger partial charge in [-0.05, 0) is 36.6 Å². The van der Waals surface area contributed by atoms with Crippen molar-refractivity contribution in [1.29, 1.82) is 0 Å². The molecule has 0 aliphatic heterocycles. The Kier molecular flexibility index (Phi) is 9.69. The van der Waals surface area contributed by atoms with E-state index >= 15 is 0 Å². The molecule has 0 aliphatic carbocycles. The molecule has 10 nitrogen and oxygen atoms in total. The maximum atomic E-state index is 12.6. The molecule has 0 saturated heterocycles. The summed E-state index contributed by atoms with van der Waals surface area (Å²) >= 11 is 13.3. The van der Waals surface area contributed by atoms with Crippen LogP contribution in [0, 0.1) is 10.1 Å². The monoisotopic (exact) mass is 500 g/mol. The van der Waals surface area contributed by atoms with Crippen LogP contribution in [-0.2, 0) is 14.3 Å². The van der Waals surface area contributed by atoms with E-state index in [1.54, 1.807) is 6.07 Å². The molecular weight excluding hydrogens is 483 g/mol. The summed E-state index contributed by atoms with van der Waals surface area (Å²) in [5.74, 6) is -1.65. The minimum absolute atomic E-state index is 0.0387. The van der Waals surface area contributed by atoms with Gasteiger partial charge in [-0.15, -0.1) is 0 Å². The van der Waals surface area contributed by atoms with Gasteiger partial charge in [0.2, 0.25) is 0 Å². The molecule has 2 rings (SSSR count). The van der Waals surface area contributed by atoms with Crippen LogP contribution in [0.2, 0.25) is 10.2 Å². The number of aromatic nitrogens is 1. The van der Waals surface area contributed by atoms with Crippen molar-refractivity contribution in [2.24, 2.45) is 0 Å². The van der Waals surface area contributed by atoms with Crippen molar-refractivity contribution in [3.63, 3.8) is 0 Å². The zero-order chi connectivity index (χ0) is 23.7. The van der Waals surface area contributed by atoms with Crippen molar-refractivity contribution < 1.29 is 24.0 Å². The van der Waals surface area contributed by atoms with Crippen LogP contribution in [0.4, 0.5) is 11.4 Å². The standard InChI is InChI=1S/C19H18Cl2N4O6S/c1-32-8-6-15(24-18(27)12-5-4-11(25(29)30)9-13(12)20)19(28)31-10-16(26)23-14-3-2-7-22-17(14)21/h2-5,7,9,15H,6,8,10H2,1H3,(H,23,26)(H,24,27)/t15-/m1/s1. The number of nitro benzene ring substituents is 1. The number of non-ortho nitro benzene ring substituents is 1. The third-order valence-electron chi connectivity index (χ3n) is 3.99. The maximum Gasteiger partial charge on any atom is 0.329 e. The lowest BCUT2D eigenvalue weighted by Crippen LogP contribution is -2.43. The lowest BCUT2D eigenvalue weighted by molar-refractivity contribution is -0.384. The largest absolute Gasteiger partial charge is 0.454 e. The summed E-state index contributed by atoms with van der Waals surface area (Å²) in [5.41, 5.74) is -0.0527. The van der Waals surface area contributed by atoms with Crippen molar-refractivity contribution in [1.82, 2.24) is 10.3 Å². The van der Waals surface area contributed by atoms with E-state index in [2.05, 4.69) is 15.6 Å². The Morgan fingerprint density at radius 2 is 2.03 bits per heavy atom. The highest BCUT2D eigenvalue weighted by Gasteiger charge is 2.25. The summed E-state index contributed by atoms with van der Waals surface area (Å²) in [6, 6.07) is 5.41. The van der Waals surface area contributed by atoms with Gasteiger partial charge < -0.3 is 15.4 Å². The lowest BCUT2D eigenvalue weighted by Gasteiger charge is -2.17. The average molecular weight is 501 g/mol. The van der Waals surface area contributed by atoms with Gasteiger partial charge in [-0.2, -0.15) is 11.8 Å². The van der Waals surface area contributed by atoms with Gasteiger partial charge in [-0.25, -0.2) is 9.78 Å². The van der Waals surface area contributed by atoms with E-state index in [-0.39, 0.29) is 33.5 Å². The molecule has 0 aliphatic rings. The first kappa shape index (κ1) is 25.4. The SMILES string of the molecule is CSCC[C@@H](NC(=O)c1ccc([N+](=O)[O-])cc1Cl)C(=O)OCC(=O)Nc1cccnc1Cl. The van der Waals surface area contributed by atoms with E-state index in [9.17, 15) is 24.5 Å². The van der Waals surface area contributed by atoms with Gasteiger partial charge in [0, 0.05) is 18.3 Å². The highest BCUT2D eigenvalue weighted by Crippen LogP contribution is 2.23. The fourth-order valence-electron chi connectivity index (χ4n) is 2.43. The summed E-state index contributed by atoms with van der Waals surface area (Å²) in [6.07, 6.45) is 3.50. The lowest BCUT2D eigenvalue weighted by atomic mass is 10.1. The van der Waals surface area contributed by atoms with Crippen LogP contribution in [-0.4, -0.2) is 52.3 Å². The molecule has 1 heterocycles. The molecule has 0 fully saturated rings. The Bertz CT molecular complexity index is 1020. The van der Waals surface area contributed by atoms with Crippen molar-refractivity contribution in [3.8, 4) is 0 Å². The topological polar surface area (TPSA) is 141 Å². The number of ether oxygens (including phenoxy) is 1. The van der Waals surface area contributed by atoms with E-state index in [0.29, 0.717) is 5.75 Å². The normalized spacial score (nSPS) is 11.3. The second-order valence-corrected chi connectivity index (χ2v) is 7.98. The van der Waals surface area contributed by atoms with Crippen LogP contribution in [0.5, 0.6) is 0 Å². The molecule has 1 atom stereocenters. The Balaban J connectivity index is 2.01. The van der Waals surface area contributed by atoms with Gasteiger partial charge in [-0.1, -0.05) is 23.2 Å². The van der Waals surface area contributed by atoms with Crippen LogP contribution in [0.15, 0.2) is 36.5 Å². The number of carbonyl (C=O) groups excluding carboxylic acids is 3. The van der Waals surface area contributed by atoms with Crippen molar-refractivity contribution in [2.45, 2.75) is 12.5 Å². The van der Waals surface area contributed by atoms with Crippen molar-refractivity contribution in [2.75, 3.05) is 23.9 Å². The van der Waals surface area contributed by atoms with Gasteiger partial charge in [0.25, 0.3) is 17.5 Å². The number of rotatable bonds is 10. The van der Waals surface area contributed by atoms with E-state index < -0.39 is 35.4 Å². The van der Waals surface area contributed by atoms with E-state index in [0.717, 1.165) is 12.1 Å². The van der Waals surface area contributed by atoms with Gasteiger partial charge in [0.05, 0.1) is 21.2 Å². The predicted molar refractivity (Wildman–Crippen MR) is 121 cm³/mol. The molecular formula is C19H18Cl2N4O6S. The fourth-order valence-corrected chi connectivity index (χ4v) is 3.32. The molecule has 2 aromatic rings. The number of hydrogen-bond acceptors (Lipinski definition) is 8. The summed E-state index contributed by atoms with van der Waals surface area (Å²) in [6.45, 7) is -0.603. The number of hydrogen-bond donors (Lipinski definition) is 2. The molecule has 0 saturated carbocycles. The molecule has 2 N–H and O–H groups in total. The molecule has 2 amide bonds. The van der Waals surface area contributed by atoms with Gasteiger partial charge in [-0.3, -0.25) is 19.7 Å². The number of pyridine rings is 1. The van der Waals surface area contributed by atoms with Gasteiger partial charge in [0.15, 0.2) is 11.8 Å². The summed E-state index contributed by atoms with van der Waals surface area (Å²) < 4.78 is 5.03. The zero-order valence-electron chi connectivity index (χ0n) is 16.7. The van der Waals surface area contributed by atoms with Crippen LogP contribution in [0.25, 0.3) is 0 Å². The highest BCUT2D eigenvalue weighted by atomic mass is 35.5. The molecule has 32 heavy (non-hydrogen) atoms. The first-order valence-electron chi connectivity index (χ1n) is 9.03. The van der Waals surface area contributed by atoms with Crippen molar-refractivity contribution in [3.05, 3.63) is 62.4 Å². The quantitative estimate of drug-likeness (QED) is 0.219. The minimum Gasteiger partial charge on any atom is -0.454 e. The second-order valence-electron chi connectivity index (χ2n) is 6.23. The number of thioether (sulfide) groups is 1. The molecule has 13 heteroatoms. The van der Waals surface area contributed by atoms with Crippen LogP contribution in [0.3, 0.4) is 0 Å². The molecule has 0 unspecified atom stereocenters. The van der Waals surface area contributed by atoms with Crippen LogP contribution >= 0.6 is 35.0 Å². The second kappa shape index (κ2) is 12.2. The van der Waals surface area contributed by atoms with Gasteiger partial charge in [0.1, 0.15) is 6.04 Å². The predicted octanol–water partition coefficient (Wildman–Crippen LogP) is 3.33. The number of carbonyl (C=O) groups is 3. The molecule has 0 spiro atoms. The first-order valence-corrected chi connectivity index (χ1v) is 11.2. The van der Waals surface area contributed by atoms with Crippen molar-refractivity contribution >= 4 is 64.1 Å². The molecule has 1 aromatic heterocycles. The van der Waals surface area contributed by atoms with Crippen LogP contribution in [0.1, 0.15) is 16.8 Å². The molecule has 170 valence electrons. The van der Waals surface area contributed by atoms with Gasteiger partial charge >= 0.3 is 5.97 Å². The number of esters is 1. The number of halogens is 2. The highest BCUT2D eigenvalue weighted by molar-refractivity contribution is 7.98. The summed E-state index contributed by atoms with van der Waals surface area (Å²) in [7, 11) is 0. The number of nitro groups is 1. The Morgan fingerprint density at radius 3 is 2.66 bits per heavy atom. The number of nitrogens with one attached hydrogen (secondary N) is 2. The Labute approximate surface area is 197 Å². The fraction of sp³-hybridized carbons (Fsp3) is 0.263. The van der Waals surface area contributed by atoms with Crippen LogP contribution < -0.4 is 10.6 Å². The Hall–Kier alpha value is -2.89. The minimum atomic E-state index is -1.06. The Morgan fingerprint density at radius 1 is 1.28 bits per heavy atom. The van der Waals surface area contributed by atoms with E-state index in [4.69, 9.17) is 27.9 Å². The van der Waals surface area contributed by atoms with E-state index in [1.165, 1.54) is 30.1 Å². The molecule has 0 radical (unpaired) electrons. The zero-order valence-corrected chi connectivity index (χ0v) is 19.0. The number of benzene rings is 1. The maximum absolute atomic E-state index is 12.6. The molecule has 0 bridgehead atoms. The third kappa shape index (κ3) is 7.36. The first-order chi connectivity index (χ1) is 15.2. The number of anilines is 1. The van der Waals surface area contributed by atoms with E-state index in [1.807, 2.05) is 6.26 Å². The number of nitrogens with zero attached hydrogens (tertiary/aromatic N) is 2. The summed E-state index contributed by atoms with van der Waals surface area (Å²) in [5, 5.41) is 15.7. The average Bonchev–Trinajstić information content (AvgIpc) is 2.76. The number of amides is 2. The molecule has 1 aromatic carbocycles. The summed E-state index contributed by atoms with van der Waals surface area (Å²) in [4.78, 5) is 51.1. The third-order valence-corrected chi connectivity index (χ3v) is 5.25. The smallest absolute Gasteiger partial charge is 0.329 e.